The van der Waals surface area contributed by atoms with Crippen molar-refractivity contribution in [3.63, 3.8) is 0 Å². The Morgan fingerprint density at radius 1 is 1.20 bits per heavy atom. The highest BCUT2D eigenvalue weighted by molar-refractivity contribution is 7.89. The molecule has 3 rings (SSSR count). The number of halogens is 3. The highest BCUT2D eigenvalue weighted by Crippen LogP contribution is 2.32. The number of anilines is 1. The van der Waals surface area contributed by atoms with Crippen LogP contribution in [0.2, 0.25) is 5.02 Å². The number of carbonyl (C=O) groups is 1. The minimum Gasteiger partial charge on any atom is -0.492 e. The summed E-state index contributed by atoms with van der Waals surface area (Å²) in [6, 6.07) is 7.29. The Morgan fingerprint density at radius 2 is 1.90 bits per heavy atom. The van der Waals surface area contributed by atoms with Gasteiger partial charge in [-0.2, -0.15) is 4.31 Å². The third-order valence-electron chi connectivity index (χ3n) is 4.84. The van der Waals surface area contributed by atoms with Crippen LogP contribution in [-0.2, 0) is 14.8 Å². The highest BCUT2D eigenvalue weighted by atomic mass is 35.5. The van der Waals surface area contributed by atoms with E-state index in [-0.39, 0.29) is 47.3 Å². The molecule has 0 saturated carbocycles. The Kier molecular flexibility index (Phi) is 6.95. The fourth-order valence-corrected chi connectivity index (χ4v) is 5.14. The molecule has 1 heterocycles. The number of piperidine rings is 1. The van der Waals surface area contributed by atoms with Gasteiger partial charge >= 0.3 is 0 Å². The minimum absolute atomic E-state index is 0.0202. The van der Waals surface area contributed by atoms with Gasteiger partial charge in [-0.05, 0) is 50.1 Å². The van der Waals surface area contributed by atoms with E-state index in [1.807, 2.05) is 0 Å². The molecule has 0 spiro atoms. The molecule has 2 aromatic rings. The van der Waals surface area contributed by atoms with E-state index in [1.165, 1.54) is 16.4 Å². The van der Waals surface area contributed by atoms with Gasteiger partial charge in [-0.25, -0.2) is 17.2 Å². The van der Waals surface area contributed by atoms with Crippen LogP contribution >= 0.6 is 11.6 Å². The van der Waals surface area contributed by atoms with Crippen LogP contribution < -0.4 is 10.1 Å². The van der Waals surface area contributed by atoms with Crippen molar-refractivity contribution in [1.29, 1.82) is 0 Å². The molecule has 1 fully saturated rings. The van der Waals surface area contributed by atoms with Crippen molar-refractivity contribution >= 4 is 33.2 Å². The lowest BCUT2D eigenvalue weighted by Crippen LogP contribution is -2.41. The Hall–Kier alpha value is -2.23. The topological polar surface area (TPSA) is 75.7 Å². The number of sulfonamides is 1. The summed E-state index contributed by atoms with van der Waals surface area (Å²) in [6.45, 7) is 2.28. The Bertz CT molecular complexity index is 1040. The summed E-state index contributed by atoms with van der Waals surface area (Å²) in [5.41, 5.74) is -0.114. The van der Waals surface area contributed by atoms with E-state index in [1.54, 1.807) is 13.0 Å². The molecule has 1 saturated heterocycles. The van der Waals surface area contributed by atoms with Crippen molar-refractivity contribution in [1.82, 2.24) is 4.31 Å². The van der Waals surface area contributed by atoms with Gasteiger partial charge in [0.2, 0.25) is 15.9 Å². The highest BCUT2D eigenvalue weighted by Gasteiger charge is 2.34. The Morgan fingerprint density at radius 3 is 2.53 bits per heavy atom. The van der Waals surface area contributed by atoms with Crippen LogP contribution in [0.15, 0.2) is 41.3 Å². The van der Waals surface area contributed by atoms with Crippen LogP contribution in [-0.4, -0.2) is 38.3 Å². The van der Waals surface area contributed by atoms with E-state index in [0.717, 1.165) is 12.1 Å². The summed E-state index contributed by atoms with van der Waals surface area (Å²) < 4.78 is 59.6. The van der Waals surface area contributed by atoms with Crippen molar-refractivity contribution in [3.05, 3.63) is 53.1 Å². The van der Waals surface area contributed by atoms with Crippen LogP contribution in [0.25, 0.3) is 0 Å². The fourth-order valence-electron chi connectivity index (χ4n) is 3.28. The van der Waals surface area contributed by atoms with Crippen molar-refractivity contribution in [2.45, 2.75) is 24.7 Å². The summed E-state index contributed by atoms with van der Waals surface area (Å²) in [5, 5.41) is 2.71. The zero-order chi connectivity index (χ0) is 21.9. The molecule has 1 aliphatic rings. The summed E-state index contributed by atoms with van der Waals surface area (Å²) in [5.74, 6) is -2.32. The second-order valence-electron chi connectivity index (χ2n) is 6.82. The molecule has 1 amide bonds. The number of rotatable bonds is 6. The number of ether oxygens (including phenoxy) is 1. The fraction of sp³-hybridized carbons (Fsp3) is 0.350. The molecule has 0 unspecified atom stereocenters. The van der Waals surface area contributed by atoms with Gasteiger partial charge in [0.05, 0.1) is 12.3 Å². The average molecular weight is 459 g/mol. The molecule has 1 aliphatic heterocycles. The number of amides is 1. The maximum absolute atomic E-state index is 13.8. The molecule has 0 aliphatic carbocycles. The number of hydrogen-bond acceptors (Lipinski definition) is 4. The third-order valence-corrected chi connectivity index (χ3v) is 6.99. The van der Waals surface area contributed by atoms with Crippen LogP contribution in [0.3, 0.4) is 0 Å². The van der Waals surface area contributed by atoms with E-state index in [0.29, 0.717) is 12.7 Å². The van der Waals surface area contributed by atoms with Gasteiger partial charge < -0.3 is 10.1 Å². The largest absolute Gasteiger partial charge is 0.492 e. The van der Waals surface area contributed by atoms with Gasteiger partial charge in [-0.3, -0.25) is 4.79 Å². The van der Waals surface area contributed by atoms with E-state index >= 15 is 0 Å². The second kappa shape index (κ2) is 9.28. The van der Waals surface area contributed by atoms with E-state index < -0.39 is 33.5 Å². The minimum atomic E-state index is -3.87. The maximum Gasteiger partial charge on any atom is 0.246 e. The van der Waals surface area contributed by atoms with Gasteiger partial charge in [0.25, 0.3) is 0 Å². The Labute approximate surface area is 178 Å². The molecule has 30 heavy (non-hydrogen) atoms. The Balaban J connectivity index is 1.69. The first-order valence-electron chi connectivity index (χ1n) is 9.40. The lowest BCUT2D eigenvalue weighted by molar-refractivity contribution is -0.120. The molecule has 2 aromatic carbocycles. The van der Waals surface area contributed by atoms with Crippen LogP contribution in [0.1, 0.15) is 19.8 Å². The summed E-state index contributed by atoms with van der Waals surface area (Å²) >= 11 is 5.98. The van der Waals surface area contributed by atoms with Gasteiger partial charge in [-0.15, -0.1) is 0 Å². The maximum atomic E-state index is 13.8. The first kappa shape index (κ1) is 22.5. The average Bonchev–Trinajstić information content (AvgIpc) is 2.71. The van der Waals surface area contributed by atoms with E-state index in [9.17, 15) is 22.0 Å². The quantitative estimate of drug-likeness (QED) is 0.708. The molecule has 6 nitrogen and oxygen atoms in total. The molecule has 0 radical (unpaired) electrons. The van der Waals surface area contributed by atoms with Gasteiger partial charge in [0, 0.05) is 30.1 Å². The molecular formula is C20H21ClF2N2O4S. The number of carbonyl (C=O) groups excluding carboxylic acids is 1. The number of nitrogens with one attached hydrogen (secondary N) is 1. The first-order chi connectivity index (χ1) is 14.2. The molecule has 162 valence electrons. The van der Waals surface area contributed by atoms with Gasteiger partial charge in [-0.1, -0.05) is 11.6 Å². The van der Waals surface area contributed by atoms with E-state index in [4.69, 9.17) is 16.3 Å². The van der Waals surface area contributed by atoms with Crippen molar-refractivity contribution < 1.29 is 26.7 Å². The summed E-state index contributed by atoms with van der Waals surface area (Å²) in [6.07, 6.45) is 0.525. The van der Waals surface area contributed by atoms with Crippen molar-refractivity contribution in [2.24, 2.45) is 5.92 Å². The monoisotopic (exact) mass is 458 g/mol. The molecular weight excluding hydrogens is 438 g/mol. The zero-order valence-electron chi connectivity index (χ0n) is 16.2. The predicted octanol–water partition coefficient (Wildman–Crippen LogP) is 4.06. The molecule has 0 bridgehead atoms. The standard InChI is InChI=1S/C20H21ClF2N2O4S/c1-2-29-18-6-3-14(21)11-19(18)30(27,28)25-9-7-13(8-10-25)20(26)24-17-5-4-15(22)12-16(17)23/h3-6,11-13H,2,7-10H2,1H3,(H,24,26). The third kappa shape index (κ3) is 4.91. The molecule has 0 aromatic heterocycles. The number of nitrogens with zero attached hydrogens (tertiary/aromatic N) is 1. The molecule has 10 heteroatoms. The second-order valence-corrected chi connectivity index (χ2v) is 9.16. The van der Waals surface area contributed by atoms with Crippen LogP contribution in [0.5, 0.6) is 5.75 Å². The lowest BCUT2D eigenvalue weighted by atomic mass is 9.97. The zero-order valence-corrected chi connectivity index (χ0v) is 17.8. The van der Waals surface area contributed by atoms with Crippen molar-refractivity contribution in [3.8, 4) is 5.75 Å². The van der Waals surface area contributed by atoms with E-state index in [2.05, 4.69) is 5.32 Å². The molecule has 0 atom stereocenters. The smallest absolute Gasteiger partial charge is 0.246 e. The van der Waals surface area contributed by atoms with Gasteiger partial charge in [0.1, 0.15) is 22.3 Å². The summed E-state index contributed by atoms with van der Waals surface area (Å²) in [4.78, 5) is 12.4. The SMILES string of the molecule is CCOc1ccc(Cl)cc1S(=O)(=O)N1CCC(C(=O)Nc2ccc(F)cc2F)CC1. The summed E-state index contributed by atoms with van der Waals surface area (Å²) in [7, 11) is -3.87. The lowest BCUT2D eigenvalue weighted by Gasteiger charge is -2.31. The normalized spacial score (nSPS) is 15.7. The first-order valence-corrected chi connectivity index (χ1v) is 11.2. The molecule has 1 N–H and O–H groups in total. The van der Waals surface area contributed by atoms with Crippen molar-refractivity contribution in [2.75, 3.05) is 25.0 Å². The van der Waals surface area contributed by atoms with Crippen LogP contribution in [0.4, 0.5) is 14.5 Å². The number of benzene rings is 2. The predicted molar refractivity (Wildman–Crippen MR) is 109 cm³/mol. The van der Waals surface area contributed by atoms with Crippen LogP contribution in [0, 0.1) is 17.6 Å². The number of hydrogen-bond donors (Lipinski definition) is 1. The van der Waals surface area contributed by atoms with Gasteiger partial charge in [0.15, 0.2) is 0 Å².